The van der Waals surface area contributed by atoms with E-state index in [1.807, 2.05) is 39.0 Å². The fourth-order valence-corrected chi connectivity index (χ4v) is 3.25. The van der Waals surface area contributed by atoms with Crippen molar-refractivity contribution in [2.75, 3.05) is 13.1 Å². The van der Waals surface area contributed by atoms with E-state index in [2.05, 4.69) is 15.9 Å². The van der Waals surface area contributed by atoms with Crippen molar-refractivity contribution in [2.45, 2.75) is 44.5 Å². The van der Waals surface area contributed by atoms with Gasteiger partial charge in [0.15, 0.2) is 0 Å². The molecule has 1 aromatic carbocycles. The zero-order valence-electron chi connectivity index (χ0n) is 12.9. The van der Waals surface area contributed by atoms with E-state index < -0.39 is 17.3 Å². The number of carbonyl (C=O) groups is 1. The fraction of sp³-hybridized carbons (Fsp3) is 0.562. The van der Waals surface area contributed by atoms with Crippen molar-refractivity contribution in [2.24, 2.45) is 0 Å². The molecule has 1 aromatic rings. The molecule has 0 saturated carbocycles. The highest BCUT2D eigenvalue weighted by molar-refractivity contribution is 9.10. The lowest BCUT2D eigenvalue weighted by atomic mass is 9.83. The van der Waals surface area contributed by atoms with E-state index in [0.717, 1.165) is 10.0 Å². The highest BCUT2D eigenvalue weighted by Crippen LogP contribution is 2.44. The molecule has 6 heteroatoms. The van der Waals surface area contributed by atoms with Crippen molar-refractivity contribution >= 4 is 22.0 Å². The van der Waals surface area contributed by atoms with Gasteiger partial charge in [0, 0.05) is 16.5 Å². The summed E-state index contributed by atoms with van der Waals surface area (Å²) in [6.45, 7) is 6.40. The summed E-state index contributed by atoms with van der Waals surface area (Å²) in [6, 6.07) is 5.61. The highest BCUT2D eigenvalue weighted by Gasteiger charge is 2.52. The Balaban J connectivity index is 1.70. The SMILES string of the molecule is CC(C)(C)OC(=O)N1CC2(C[C@@H](O)c3ccc(Br)cc3O2)C1. The molecule has 2 heterocycles. The Kier molecular flexibility index (Phi) is 3.64. The predicted octanol–water partition coefficient (Wildman–Crippen LogP) is 3.25. The van der Waals surface area contributed by atoms with E-state index >= 15 is 0 Å². The average Bonchev–Trinajstić information content (AvgIpc) is 2.32. The molecule has 1 amide bonds. The lowest BCUT2D eigenvalue weighted by molar-refractivity contribution is -0.114. The van der Waals surface area contributed by atoms with E-state index in [1.54, 1.807) is 4.90 Å². The minimum Gasteiger partial charge on any atom is -0.483 e. The van der Waals surface area contributed by atoms with Crippen LogP contribution in [0.3, 0.4) is 0 Å². The van der Waals surface area contributed by atoms with Crippen molar-refractivity contribution < 1.29 is 19.4 Å². The second kappa shape index (κ2) is 5.13. The number of halogens is 1. The molecule has 1 fully saturated rings. The number of carbonyl (C=O) groups excluding carboxylic acids is 1. The molecule has 0 aromatic heterocycles. The largest absolute Gasteiger partial charge is 0.483 e. The number of ether oxygens (including phenoxy) is 2. The quantitative estimate of drug-likeness (QED) is 0.762. The van der Waals surface area contributed by atoms with Gasteiger partial charge in [-0.05, 0) is 32.9 Å². The summed E-state index contributed by atoms with van der Waals surface area (Å²) >= 11 is 3.41. The number of hydrogen-bond donors (Lipinski definition) is 1. The molecule has 0 aliphatic carbocycles. The zero-order chi connectivity index (χ0) is 16.1. The zero-order valence-corrected chi connectivity index (χ0v) is 14.5. The number of rotatable bonds is 0. The summed E-state index contributed by atoms with van der Waals surface area (Å²) in [5.41, 5.74) is -0.224. The third-order valence-electron chi connectivity index (χ3n) is 3.84. The van der Waals surface area contributed by atoms with Crippen LogP contribution in [0.25, 0.3) is 0 Å². The van der Waals surface area contributed by atoms with E-state index in [9.17, 15) is 9.90 Å². The van der Waals surface area contributed by atoms with Crippen molar-refractivity contribution in [1.29, 1.82) is 0 Å². The van der Waals surface area contributed by atoms with Gasteiger partial charge in [-0.25, -0.2) is 4.79 Å². The smallest absolute Gasteiger partial charge is 0.410 e. The van der Waals surface area contributed by atoms with Crippen LogP contribution in [0.15, 0.2) is 22.7 Å². The molecule has 0 radical (unpaired) electrons. The molecule has 0 unspecified atom stereocenters. The molecule has 2 aliphatic heterocycles. The maximum atomic E-state index is 12.0. The third-order valence-corrected chi connectivity index (χ3v) is 4.33. The average molecular weight is 370 g/mol. The van der Waals surface area contributed by atoms with Gasteiger partial charge < -0.3 is 19.5 Å². The number of fused-ring (bicyclic) bond motifs is 1. The summed E-state index contributed by atoms with van der Waals surface area (Å²) in [5, 5.41) is 10.3. The third kappa shape index (κ3) is 2.94. The lowest BCUT2D eigenvalue weighted by Gasteiger charge is -2.52. The Morgan fingerprint density at radius 1 is 1.45 bits per heavy atom. The van der Waals surface area contributed by atoms with Gasteiger partial charge in [-0.1, -0.05) is 22.0 Å². The van der Waals surface area contributed by atoms with Crippen molar-refractivity contribution in [3.8, 4) is 5.75 Å². The number of nitrogens with zero attached hydrogens (tertiary/aromatic N) is 1. The first-order chi connectivity index (χ1) is 10.2. The van der Waals surface area contributed by atoms with Crippen molar-refractivity contribution in [3.05, 3.63) is 28.2 Å². The van der Waals surface area contributed by atoms with Gasteiger partial charge in [0.05, 0.1) is 19.2 Å². The monoisotopic (exact) mass is 369 g/mol. The van der Waals surface area contributed by atoms with Gasteiger partial charge in [0.25, 0.3) is 0 Å². The topological polar surface area (TPSA) is 59.0 Å². The highest BCUT2D eigenvalue weighted by atomic mass is 79.9. The molecule has 1 N–H and O–H groups in total. The summed E-state index contributed by atoms with van der Waals surface area (Å²) in [5.74, 6) is 0.678. The summed E-state index contributed by atoms with van der Waals surface area (Å²) in [6.07, 6.45) is -0.421. The Morgan fingerprint density at radius 3 is 2.77 bits per heavy atom. The van der Waals surface area contributed by atoms with Gasteiger partial charge in [0.2, 0.25) is 0 Å². The Labute approximate surface area is 138 Å². The first kappa shape index (κ1) is 15.6. The second-order valence-electron chi connectivity index (χ2n) is 7.02. The lowest BCUT2D eigenvalue weighted by Crippen LogP contribution is -2.68. The van der Waals surface area contributed by atoms with Gasteiger partial charge in [-0.15, -0.1) is 0 Å². The van der Waals surface area contributed by atoms with E-state index in [4.69, 9.17) is 9.47 Å². The summed E-state index contributed by atoms with van der Waals surface area (Å²) in [7, 11) is 0. The Morgan fingerprint density at radius 2 is 2.14 bits per heavy atom. The maximum Gasteiger partial charge on any atom is 0.410 e. The number of benzene rings is 1. The first-order valence-electron chi connectivity index (χ1n) is 7.32. The molecule has 3 rings (SSSR count). The Bertz CT molecular complexity index is 605. The van der Waals surface area contributed by atoms with Crippen LogP contribution in [-0.2, 0) is 4.74 Å². The van der Waals surface area contributed by atoms with Crippen LogP contribution < -0.4 is 4.74 Å². The van der Waals surface area contributed by atoms with Crippen molar-refractivity contribution in [1.82, 2.24) is 4.90 Å². The molecule has 2 aliphatic rings. The summed E-state index contributed by atoms with van der Waals surface area (Å²) in [4.78, 5) is 13.6. The van der Waals surface area contributed by atoms with Crippen LogP contribution in [0.1, 0.15) is 38.9 Å². The number of amides is 1. The standard InChI is InChI=1S/C16H20BrNO4/c1-15(2,3)22-14(20)18-8-16(9-18)7-12(19)11-5-4-10(17)6-13(11)21-16/h4-6,12,19H,7-9H2,1-3H3/t12-/m1/s1. The van der Waals surface area contributed by atoms with E-state index in [0.29, 0.717) is 25.3 Å². The van der Waals surface area contributed by atoms with Gasteiger partial charge in [-0.3, -0.25) is 0 Å². The van der Waals surface area contributed by atoms with Gasteiger partial charge >= 0.3 is 6.09 Å². The predicted molar refractivity (Wildman–Crippen MR) is 84.9 cm³/mol. The molecule has 1 atom stereocenters. The Hall–Kier alpha value is -1.27. The number of aliphatic hydroxyl groups is 1. The fourth-order valence-electron chi connectivity index (χ4n) is 2.91. The van der Waals surface area contributed by atoms with Crippen LogP contribution in [0, 0.1) is 0 Å². The van der Waals surface area contributed by atoms with Crippen molar-refractivity contribution in [3.63, 3.8) is 0 Å². The maximum absolute atomic E-state index is 12.0. The van der Waals surface area contributed by atoms with Gasteiger partial charge in [-0.2, -0.15) is 0 Å². The van der Waals surface area contributed by atoms with Crippen LogP contribution in [0.2, 0.25) is 0 Å². The molecule has 120 valence electrons. The van der Waals surface area contributed by atoms with Crippen LogP contribution >= 0.6 is 15.9 Å². The molecule has 1 saturated heterocycles. The molecular weight excluding hydrogens is 350 g/mol. The normalized spacial score (nSPS) is 22.6. The van der Waals surface area contributed by atoms with Crippen LogP contribution in [-0.4, -0.2) is 40.4 Å². The molecular formula is C16H20BrNO4. The second-order valence-corrected chi connectivity index (χ2v) is 7.94. The van der Waals surface area contributed by atoms with Gasteiger partial charge in [0.1, 0.15) is 17.0 Å². The minimum atomic E-state index is -0.572. The van der Waals surface area contributed by atoms with Crippen LogP contribution in [0.5, 0.6) is 5.75 Å². The first-order valence-corrected chi connectivity index (χ1v) is 8.11. The molecule has 5 nitrogen and oxygen atoms in total. The van der Waals surface area contributed by atoms with Crippen LogP contribution in [0.4, 0.5) is 4.79 Å². The van der Waals surface area contributed by atoms with E-state index in [1.165, 1.54) is 0 Å². The summed E-state index contributed by atoms with van der Waals surface area (Å²) < 4.78 is 12.3. The minimum absolute atomic E-state index is 0.337. The molecule has 1 spiro atoms. The number of hydrogen-bond acceptors (Lipinski definition) is 4. The molecule has 0 bridgehead atoms. The van der Waals surface area contributed by atoms with E-state index in [-0.39, 0.29) is 6.09 Å². The number of aliphatic hydroxyl groups excluding tert-OH is 1. The number of likely N-dealkylation sites (tertiary alicyclic amines) is 1. The molecule has 22 heavy (non-hydrogen) atoms.